The summed E-state index contributed by atoms with van der Waals surface area (Å²) in [6.07, 6.45) is 7.00. The first-order chi connectivity index (χ1) is 11.5. The summed E-state index contributed by atoms with van der Waals surface area (Å²) in [5.41, 5.74) is 3.18. The van der Waals surface area contributed by atoms with Gasteiger partial charge in [-0.2, -0.15) is 0 Å². The summed E-state index contributed by atoms with van der Waals surface area (Å²) in [5.74, 6) is -0.236. The van der Waals surface area contributed by atoms with E-state index >= 15 is 0 Å². The lowest BCUT2D eigenvalue weighted by molar-refractivity contribution is -0.142. The second-order valence-corrected chi connectivity index (χ2v) is 7.52. The molecule has 0 bridgehead atoms. The van der Waals surface area contributed by atoms with E-state index in [2.05, 4.69) is 17.9 Å². The molecule has 3 aliphatic rings. The number of rotatable bonds is 1. The van der Waals surface area contributed by atoms with Gasteiger partial charge < -0.3 is 4.74 Å². The maximum absolute atomic E-state index is 11.8. The van der Waals surface area contributed by atoms with Crippen molar-refractivity contribution >= 4 is 34.7 Å². The highest BCUT2D eigenvalue weighted by Gasteiger charge is 2.42. The van der Waals surface area contributed by atoms with E-state index in [1.165, 1.54) is 12.8 Å². The highest BCUT2D eigenvalue weighted by molar-refractivity contribution is 6.42. The summed E-state index contributed by atoms with van der Waals surface area (Å²) >= 11 is 12.3. The minimum absolute atomic E-state index is 0.152. The van der Waals surface area contributed by atoms with Crippen LogP contribution in [0.5, 0.6) is 0 Å². The van der Waals surface area contributed by atoms with Crippen molar-refractivity contribution < 1.29 is 9.53 Å². The maximum atomic E-state index is 11.8. The molecule has 1 fully saturated rings. The van der Waals surface area contributed by atoms with Crippen LogP contribution < -0.4 is 0 Å². The lowest BCUT2D eigenvalue weighted by Gasteiger charge is -2.41. The molecule has 1 aromatic carbocycles. The van der Waals surface area contributed by atoms with Gasteiger partial charge in [0.25, 0.3) is 0 Å². The number of benzene rings is 1. The van der Waals surface area contributed by atoms with Gasteiger partial charge in [0.05, 0.1) is 16.1 Å². The van der Waals surface area contributed by atoms with Gasteiger partial charge >= 0.3 is 5.97 Å². The molecule has 3 heterocycles. The Labute approximate surface area is 151 Å². The predicted molar refractivity (Wildman–Crippen MR) is 96.2 cm³/mol. The number of piperidine rings is 1. The third-order valence-electron chi connectivity index (χ3n) is 5.32. The van der Waals surface area contributed by atoms with Crippen molar-refractivity contribution in [2.45, 2.75) is 44.4 Å². The molecule has 1 saturated heterocycles. The molecule has 0 spiro atoms. The summed E-state index contributed by atoms with van der Waals surface area (Å²) in [7, 11) is 0. The van der Waals surface area contributed by atoms with E-state index in [0.29, 0.717) is 10.0 Å². The zero-order valence-electron chi connectivity index (χ0n) is 13.5. The quantitative estimate of drug-likeness (QED) is 0.688. The van der Waals surface area contributed by atoms with Crippen LogP contribution in [-0.2, 0) is 9.53 Å². The number of carbonyl (C=O) groups excluding carboxylic acids is 1. The van der Waals surface area contributed by atoms with Crippen molar-refractivity contribution in [1.29, 1.82) is 0 Å². The fourth-order valence-electron chi connectivity index (χ4n) is 4.13. The Hall–Kier alpha value is -1.29. The topological polar surface area (TPSA) is 29.5 Å². The second-order valence-electron chi connectivity index (χ2n) is 6.71. The van der Waals surface area contributed by atoms with Crippen molar-refractivity contribution in [1.82, 2.24) is 4.90 Å². The van der Waals surface area contributed by atoms with Crippen LogP contribution in [0.15, 0.2) is 35.9 Å². The van der Waals surface area contributed by atoms with Gasteiger partial charge in [-0.25, -0.2) is 4.79 Å². The molecule has 24 heavy (non-hydrogen) atoms. The molecule has 3 aliphatic heterocycles. The molecular weight excluding hydrogens is 345 g/mol. The first-order valence-electron chi connectivity index (χ1n) is 8.39. The lowest BCUT2D eigenvalue weighted by Crippen LogP contribution is -2.50. The normalized spacial score (nSPS) is 30.0. The highest BCUT2D eigenvalue weighted by Crippen LogP contribution is 2.39. The van der Waals surface area contributed by atoms with Crippen LogP contribution in [0.25, 0.3) is 5.57 Å². The Morgan fingerprint density at radius 2 is 2.00 bits per heavy atom. The molecule has 0 N–H and O–H groups in total. The van der Waals surface area contributed by atoms with Crippen LogP contribution in [0.4, 0.5) is 0 Å². The number of esters is 1. The minimum Gasteiger partial charge on any atom is -0.453 e. The Kier molecular flexibility index (Phi) is 4.19. The molecule has 0 radical (unpaired) electrons. The van der Waals surface area contributed by atoms with E-state index in [1.54, 1.807) is 6.08 Å². The monoisotopic (exact) mass is 363 g/mol. The van der Waals surface area contributed by atoms with Gasteiger partial charge in [0, 0.05) is 17.7 Å². The van der Waals surface area contributed by atoms with Gasteiger partial charge in [0.2, 0.25) is 0 Å². The van der Waals surface area contributed by atoms with Crippen molar-refractivity contribution in [3.05, 3.63) is 51.5 Å². The number of fused-ring (bicyclic) bond motifs is 3. The van der Waals surface area contributed by atoms with Gasteiger partial charge in [-0.3, -0.25) is 4.90 Å². The molecule has 4 rings (SSSR count). The molecule has 5 heteroatoms. The van der Waals surface area contributed by atoms with Crippen LogP contribution in [0.3, 0.4) is 0 Å². The standard InChI is InChI=1S/C19H19Cl2NO2/c1-11-14(12-5-6-15(20)16(21)9-12)8-13-10-18(23)24-19(13)17-4-2-3-7-22(11)17/h5-6,8-11,17,19H,2-4,7H2,1H3/t11-,17?,19?/m0/s1. The molecule has 0 aliphatic carbocycles. The third-order valence-corrected chi connectivity index (χ3v) is 6.06. The molecule has 2 unspecified atom stereocenters. The molecule has 0 amide bonds. The summed E-state index contributed by atoms with van der Waals surface area (Å²) in [4.78, 5) is 14.3. The maximum Gasteiger partial charge on any atom is 0.331 e. The number of ether oxygens (including phenoxy) is 1. The molecule has 0 saturated carbocycles. The second kappa shape index (κ2) is 6.21. The number of hydrogen-bond donors (Lipinski definition) is 0. The zero-order chi connectivity index (χ0) is 16.8. The zero-order valence-corrected chi connectivity index (χ0v) is 15.0. The molecule has 3 nitrogen and oxygen atoms in total. The number of nitrogens with zero attached hydrogens (tertiary/aromatic N) is 1. The Morgan fingerprint density at radius 3 is 2.79 bits per heavy atom. The van der Waals surface area contributed by atoms with Crippen molar-refractivity contribution in [2.24, 2.45) is 0 Å². The SMILES string of the molecule is C[C@H]1C(c2ccc(Cl)c(Cl)c2)=CC2=CC(=O)OC2C2CCCCN21. The summed E-state index contributed by atoms with van der Waals surface area (Å²) in [6.45, 7) is 3.24. The third kappa shape index (κ3) is 2.69. The van der Waals surface area contributed by atoms with Gasteiger partial charge in [-0.05, 0) is 55.7 Å². The molecule has 1 aromatic rings. The van der Waals surface area contributed by atoms with E-state index in [9.17, 15) is 4.79 Å². The van der Waals surface area contributed by atoms with Crippen molar-refractivity contribution in [3.8, 4) is 0 Å². The predicted octanol–water partition coefficient (Wildman–Crippen LogP) is 4.49. The van der Waals surface area contributed by atoms with Gasteiger partial charge in [-0.1, -0.05) is 35.7 Å². The average molecular weight is 364 g/mol. The van der Waals surface area contributed by atoms with Crippen LogP contribution in [0.1, 0.15) is 31.7 Å². The van der Waals surface area contributed by atoms with Gasteiger partial charge in [-0.15, -0.1) is 0 Å². The number of hydrogen-bond acceptors (Lipinski definition) is 3. The van der Waals surface area contributed by atoms with E-state index in [0.717, 1.165) is 29.7 Å². The minimum atomic E-state index is -0.236. The van der Waals surface area contributed by atoms with Gasteiger partial charge in [0.1, 0.15) is 6.10 Å². The summed E-state index contributed by atoms with van der Waals surface area (Å²) < 4.78 is 5.63. The summed E-state index contributed by atoms with van der Waals surface area (Å²) in [6, 6.07) is 6.21. The smallest absolute Gasteiger partial charge is 0.331 e. The fraction of sp³-hybridized carbons (Fsp3) is 0.421. The van der Waals surface area contributed by atoms with E-state index in [1.807, 2.05) is 18.2 Å². The van der Waals surface area contributed by atoms with E-state index in [-0.39, 0.29) is 24.2 Å². The first kappa shape index (κ1) is 16.2. The first-order valence-corrected chi connectivity index (χ1v) is 9.15. The molecule has 0 aromatic heterocycles. The lowest BCUT2D eigenvalue weighted by atomic mass is 9.93. The fourth-order valence-corrected chi connectivity index (χ4v) is 4.43. The van der Waals surface area contributed by atoms with Crippen LogP contribution in [-0.4, -0.2) is 35.6 Å². The van der Waals surface area contributed by atoms with E-state index in [4.69, 9.17) is 27.9 Å². The van der Waals surface area contributed by atoms with Gasteiger partial charge in [0.15, 0.2) is 0 Å². The highest BCUT2D eigenvalue weighted by atomic mass is 35.5. The van der Waals surface area contributed by atoms with Crippen LogP contribution in [0, 0.1) is 0 Å². The number of carbonyl (C=O) groups is 1. The Morgan fingerprint density at radius 1 is 1.17 bits per heavy atom. The Bertz CT molecular complexity index is 756. The van der Waals surface area contributed by atoms with E-state index < -0.39 is 0 Å². The molecule has 3 atom stereocenters. The van der Waals surface area contributed by atoms with Crippen molar-refractivity contribution in [2.75, 3.05) is 6.54 Å². The number of halogens is 2. The van der Waals surface area contributed by atoms with Crippen LogP contribution >= 0.6 is 23.2 Å². The average Bonchev–Trinajstić information content (AvgIpc) is 2.90. The Balaban J connectivity index is 1.82. The van der Waals surface area contributed by atoms with Crippen LogP contribution in [0.2, 0.25) is 10.0 Å². The largest absolute Gasteiger partial charge is 0.453 e. The summed E-state index contributed by atoms with van der Waals surface area (Å²) in [5, 5.41) is 1.10. The molecule has 126 valence electrons. The molecular formula is C19H19Cl2NO2. The van der Waals surface area contributed by atoms with Crippen molar-refractivity contribution in [3.63, 3.8) is 0 Å².